The zero-order chi connectivity index (χ0) is 26.8. The molecule has 4 N–H and O–H groups in total. The maximum Gasteiger partial charge on any atom is 0.240 e. The highest BCUT2D eigenvalue weighted by Gasteiger charge is 2.20. The molecule has 0 saturated carbocycles. The summed E-state index contributed by atoms with van der Waals surface area (Å²) >= 11 is 0. The first-order valence-corrected chi connectivity index (χ1v) is 14.3. The second-order valence-electron chi connectivity index (χ2n) is 9.28. The van der Waals surface area contributed by atoms with Crippen LogP contribution in [0.4, 0.5) is 0 Å². The minimum absolute atomic E-state index is 0.0163. The van der Waals surface area contributed by atoms with Gasteiger partial charge in [0.25, 0.3) is 0 Å². The molecule has 0 aliphatic heterocycles. The number of imidazole rings is 2. The Balaban J connectivity index is 1.25. The highest BCUT2D eigenvalue weighted by molar-refractivity contribution is 7.89. The summed E-state index contributed by atoms with van der Waals surface area (Å²) in [4.78, 5) is 21.9. The Kier molecular flexibility index (Phi) is 9.77. The molecule has 4 rings (SSSR count). The summed E-state index contributed by atoms with van der Waals surface area (Å²) in [7, 11) is -3.56. The van der Waals surface area contributed by atoms with E-state index in [0.717, 1.165) is 47.9 Å². The Hall–Kier alpha value is -3.38. The van der Waals surface area contributed by atoms with Gasteiger partial charge in [0.2, 0.25) is 10.0 Å². The van der Waals surface area contributed by atoms with Crippen LogP contribution in [0.3, 0.4) is 0 Å². The number of pyridine rings is 1. The monoisotopic (exact) mass is 536 g/mol. The van der Waals surface area contributed by atoms with E-state index in [1.165, 1.54) is 0 Å². The molecule has 0 radical (unpaired) electrons. The molecule has 202 valence electrons. The van der Waals surface area contributed by atoms with E-state index in [2.05, 4.69) is 46.8 Å². The lowest BCUT2D eigenvalue weighted by molar-refractivity contribution is 0.181. The SMILES string of the molecule is Cc1cccnc1CNCCCCNS(=O)(=O)c1ccc(CN(Cc2ncc[nH]2)C(C)c2ncc[nH]2)cc1. The van der Waals surface area contributed by atoms with Gasteiger partial charge in [-0.25, -0.2) is 23.1 Å². The van der Waals surface area contributed by atoms with E-state index in [0.29, 0.717) is 26.2 Å². The predicted molar refractivity (Wildman–Crippen MR) is 146 cm³/mol. The number of aromatic nitrogens is 5. The lowest BCUT2D eigenvalue weighted by atomic mass is 10.1. The van der Waals surface area contributed by atoms with Crippen LogP contribution in [0, 0.1) is 6.92 Å². The number of nitrogens with zero attached hydrogens (tertiary/aromatic N) is 4. The highest BCUT2D eigenvalue weighted by atomic mass is 32.2. The third kappa shape index (κ3) is 7.81. The first-order valence-electron chi connectivity index (χ1n) is 12.8. The molecule has 10 nitrogen and oxygen atoms in total. The van der Waals surface area contributed by atoms with E-state index in [-0.39, 0.29) is 10.9 Å². The zero-order valence-corrected chi connectivity index (χ0v) is 22.7. The van der Waals surface area contributed by atoms with E-state index < -0.39 is 10.0 Å². The molecular weight excluding hydrogens is 500 g/mol. The Labute approximate surface area is 224 Å². The van der Waals surface area contributed by atoms with Gasteiger partial charge < -0.3 is 15.3 Å². The number of rotatable bonds is 15. The maximum absolute atomic E-state index is 12.8. The summed E-state index contributed by atoms with van der Waals surface area (Å²) in [6.45, 7) is 7.25. The maximum atomic E-state index is 12.8. The minimum atomic E-state index is -3.56. The van der Waals surface area contributed by atoms with Gasteiger partial charge in [-0.05, 0) is 62.6 Å². The fraction of sp³-hybridized carbons (Fsp3) is 0.370. The number of sulfonamides is 1. The molecule has 1 aromatic carbocycles. The number of aryl methyl sites for hydroxylation is 1. The van der Waals surface area contributed by atoms with Crippen LogP contribution in [0.2, 0.25) is 0 Å². The molecule has 38 heavy (non-hydrogen) atoms. The first kappa shape index (κ1) is 27.6. The Morgan fingerprint density at radius 1 is 0.921 bits per heavy atom. The molecule has 0 amide bonds. The predicted octanol–water partition coefficient (Wildman–Crippen LogP) is 3.45. The van der Waals surface area contributed by atoms with Crippen molar-refractivity contribution in [3.63, 3.8) is 0 Å². The number of aromatic amines is 2. The van der Waals surface area contributed by atoms with Crippen LogP contribution >= 0.6 is 0 Å². The second-order valence-corrected chi connectivity index (χ2v) is 11.1. The van der Waals surface area contributed by atoms with E-state index in [9.17, 15) is 8.42 Å². The molecule has 1 unspecified atom stereocenters. The van der Waals surface area contributed by atoms with Crippen LogP contribution in [0.15, 0.2) is 72.3 Å². The van der Waals surface area contributed by atoms with Crippen molar-refractivity contribution < 1.29 is 8.42 Å². The van der Waals surface area contributed by atoms with Crippen molar-refractivity contribution in [2.24, 2.45) is 0 Å². The molecule has 0 spiro atoms. The van der Waals surface area contributed by atoms with Crippen molar-refractivity contribution in [2.45, 2.75) is 57.3 Å². The smallest absolute Gasteiger partial charge is 0.240 e. The lowest BCUT2D eigenvalue weighted by Gasteiger charge is -2.27. The third-order valence-corrected chi connectivity index (χ3v) is 7.95. The summed E-state index contributed by atoms with van der Waals surface area (Å²) in [5, 5.41) is 3.37. The number of hydrogen-bond donors (Lipinski definition) is 4. The van der Waals surface area contributed by atoms with Crippen LogP contribution in [0.5, 0.6) is 0 Å². The molecule has 0 aliphatic rings. The molecular formula is C27H36N8O2S. The topological polar surface area (TPSA) is 132 Å². The Morgan fingerprint density at radius 3 is 2.39 bits per heavy atom. The van der Waals surface area contributed by atoms with Gasteiger partial charge in [-0.1, -0.05) is 18.2 Å². The van der Waals surface area contributed by atoms with E-state index in [4.69, 9.17) is 0 Å². The van der Waals surface area contributed by atoms with Gasteiger partial charge >= 0.3 is 0 Å². The van der Waals surface area contributed by atoms with Crippen LogP contribution in [-0.4, -0.2) is 51.3 Å². The van der Waals surface area contributed by atoms with Crippen molar-refractivity contribution in [3.8, 4) is 0 Å². The fourth-order valence-corrected chi connectivity index (χ4v) is 5.24. The summed E-state index contributed by atoms with van der Waals surface area (Å²) in [5.41, 5.74) is 3.20. The largest absolute Gasteiger partial charge is 0.348 e. The summed E-state index contributed by atoms with van der Waals surface area (Å²) in [6, 6.07) is 11.0. The van der Waals surface area contributed by atoms with Gasteiger partial charge in [0.05, 0.1) is 23.2 Å². The molecule has 0 aliphatic carbocycles. The fourth-order valence-electron chi connectivity index (χ4n) is 4.17. The van der Waals surface area contributed by atoms with Crippen molar-refractivity contribution in [1.29, 1.82) is 0 Å². The van der Waals surface area contributed by atoms with Crippen LogP contribution in [0.1, 0.15) is 54.3 Å². The number of hydrogen-bond acceptors (Lipinski definition) is 7. The Morgan fingerprint density at radius 2 is 1.68 bits per heavy atom. The average molecular weight is 537 g/mol. The minimum Gasteiger partial charge on any atom is -0.348 e. The van der Waals surface area contributed by atoms with Crippen molar-refractivity contribution in [2.75, 3.05) is 13.1 Å². The number of benzene rings is 1. The normalized spacial score (nSPS) is 12.7. The zero-order valence-electron chi connectivity index (χ0n) is 21.9. The first-order chi connectivity index (χ1) is 18.4. The quantitative estimate of drug-likeness (QED) is 0.171. The molecule has 0 saturated heterocycles. The van der Waals surface area contributed by atoms with Gasteiger partial charge in [-0.2, -0.15) is 0 Å². The summed E-state index contributed by atoms with van der Waals surface area (Å²) < 4.78 is 28.3. The van der Waals surface area contributed by atoms with E-state index in [1.54, 1.807) is 36.9 Å². The van der Waals surface area contributed by atoms with Crippen LogP contribution < -0.4 is 10.0 Å². The second kappa shape index (κ2) is 13.4. The molecule has 4 aromatic rings. The molecule has 3 heterocycles. The standard InChI is InChI=1S/C27H36N8O2S/c1-21-6-5-12-29-25(21)18-28-11-3-4-13-34-38(36,37)24-9-7-23(8-10-24)19-35(20-26-30-14-15-31-26)22(2)27-32-16-17-33-27/h5-10,12,14-17,22,28,34H,3-4,11,13,18-20H2,1-2H3,(H,30,31)(H,32,33). The number of unbranched alkanes of at least 4 members (excludes halogenated alkanes) is 1. The average Bonchev–Trinajstić information content (AvgIpc) is 3.64. The van der Waals surface area contributed by atoms with Crippen molar-refractivity contribution in [1.82, 2.24) is 39.9 Å². The van der Waals surface area contributed by atoms with E-state index >= 15 is 0 Å². The van der Waals surface area contributed by atoms with Crippen molar-refractivity contribution >= 4 is 10.0 Å². The van der Waals surface area contributed by atoms with Gasteiger partial charge in [0.1, 0.15) is 11.6 Å². The van der Waals surface area contributed by atoms with Crippen LogP contribution in [0.25, 0.3) is 0 Å². The third-order valence-electron chi connectivity index (χ3n) is 6.47. The molecule has 1 atom stereocenters. The Bertz CT molecular complexity index is 1340. The number of H-pyrrole nitrogens is 2. The van der Waals surface area contributed by atoms with Gasteiger partial charge in [0.15, 0.2) is 0 Å². The van der Waals surface area contributed by atoms with Gasteiger partial charge in [0, 0.05) is 50.6 Å². The molecule has 11 heteroatoms. The van der Waals surface area contributed by atoms with Gasteiger partial charge in [-0.3, -0.25) is 9.88 Å². The molecule has 0 fully saturated rings. The van der Waals surface area contributed by atoms with Crippen LogP contribution in [-0.2, 0) is 29.7 Å². The van der Waals surface area contributed by atoms with Crippen molar-refractivity contribution in [3.05, 3.63) is 95.9 Å². The number of nitrogens with one attached hydrogen (secondary N) is 4. The summed E-state index contributed by atoms with van der Waals surface area (Å²) in [5.74, 6) is 1.72. The van der Waals surface area contributed by atoms with E-state index in [1.807, 2.05) is 37.4 Å². The lowest BCUT2D eigenvalue weighted by Crippen LogP contribution is -2.28. The highest BCUT2D eigenvalue weighted by Crippen LogP contribution is 2.22. The molecule has 3 aromatic heterocycles. The van der Waals surface area contributed by atoms with Gasteiger partial charge in [-0.15, -0.1) is 0 Å². The molecule has 0 bridgehead atoms. The summed E-state index contributed by atoms with van der Waals surface area (Å²) in [6.07, 6.45) is 10.5.